The molecule has 2 rings (SSSR count). The number of nitrogens with two attached hydrogens (primary N) is 1. The highest BCUT2D eigenvalue weighted by Gasteiger charge is 2.29. The maximum atomic E-state index is 12.6. The van der Waals surface area contributed by atoms with Crippen molar-refractivity contribution in [3.8, 4) is 0 Å². The second kappa shape index (κ2) is 8.64. The molecule has 6 nitrogen and oxygen atoms in total. The Balaban J connectivity index is 1.93. The second-order valence-corrected chi connectivity index (χ2v) is 7.11. The molecule has 0 bridgehead atoms. The third-order valence-corrected chi connectivity index (χ3v) is 5.29. The quantitative estimate of drug-likeness (QED) is 0.763. The molecule has 0 unspecified atom stereocenters. The number of rotatable bonds is 5. The number of carbonyl (C=O) groups excluding carboxylic acids is 2. The molecule has 2 fully saturated rings. The largest absolute Gasteiger partial charge is 0.468 e. The summed E-state index contributed by atoms with van der Waals surface area (Å²) >= 11 is 0. The number of piperidine rings is 1. The van der Waals surface area contributed by atoms with Crippen LogP contribution in [0.25, 0.3) is 0 Å². The van der Waals surface area contributed by atoms with Gasteiger partial charge in [-0.15, -0.1) is 0 Å². The van der Waals surface area contributed by atoms with Crippen LogP contribution in [0, 0.1) is 5.92 Å². The molecule has 0 radical (unpaired) electrons. The predicted octanol–water partition coefficient (Wildman–Crippen LogP) is 0.990. The standard InChI is InChI=1S/C17H31N3O3/c1-13-7-9-19(10-8-13)16(21)11-20(12-17(22)23-2)15-5-3-14(18)4-6-15/h13-15H,3-12,18H2,1-2H3/t14-,15-. The Kier molecular flexibility index (Phi) is 6.84. The van der Waals surface area contributed by atoms with Crippen LogP contribution < -0.4 is 5.73 Å². The molecule has 6 heteroatoms. The molecule has 132 valence electrons. The van der Waals surface area contributed by atoms with E-state index >= 15 is 0 Å². The maximum absolute atomic E-state index is 12.6. The van der Waals surface area contributed by atoms with Crippen molar-refractivity contribution in [1.29, 1.82) is 0 Å². The van der Waals surface area contributed by atoms with E-state index in [2.05, 4.69) is 6.92 Å². The summed E-state index contributed by atoms with van der Waals surface area (Å²) in [6.07, 6.45) is 5.95. The van der Waals surface area contributed by atoms with Gasteiger partial charge in [-0.05, 0) is 44.4 Å². The Morgan fingerprint density at radius 3 is 2.26 bits per heavy atom. The summed E-state index contributed by atoms with van der Waals surface area (Å²) < 4.78 is 4.80. The van der Waals surface area contributed by atoms with Gasteiger partial charge in [-0.3, -0.25) is 14.5 Å². The Hall–Kier alpha value is -1.14. The Labute approximate surface area is 139 Å². The summed E-state index contributed by atoms with van der Waals surface area (Å²) in [5.74, 6) is 0.556. The molecule has 1 amide bonds. The second-order valence-electron chi connectivity index (χ2n) is 7.11. The molecule has 0 aromatic heterocycles. The SMILES string of the molecule is COC(=O)CN(CC(=O)N1CCC(C)CC1)[C@H]1CC[C@H](N)CC1. The minimum absolute atomic E-state index is 0.135. The monoisotopic (exact) mass is 325 g/mol. The van der Waals surface area contributed by atoms with E-state index in [-0.39, 0.29) is 30.5 Å². The van der Waals surface area contributed by atoms with Crippen LogP contribution in [0.4, 0.5) is 0 Å². The average Bonchev–Trinajstić information content (AvgIpc) is 2.55. The molecular weight excluding hydrogens is 294 g/mol. The summed E-state index contributed by atoms with van der Waals surface area (Å²) in [5, 5.41) is 0. The molecular formula is C17H31N3O3. The van der Waals surface area contributed by atoms with E-state index in [1.54, 1.807) is 0 Å². The number of likely N-dealkylation sites (tertiary alicyclic amines) is 1. The summed E-state index contributed by atoms with van der Waals surface area (Å²) in [4.78, 5) is 28.3. The lowest BCUT2D eigenvalue weighted by Gasteiger charge is -2.37. The van der Waals surface area contributed by atoms with Gasteiger partial charge in [0.15, 0.2) is 0 Å². The van der Waals surface area contributed by atoms with Crippen molar-refractivity contribution in [2.45, 2.75) is 57.5 Å². The van der Waals surface area contributed by atoms with Gasteiger partial charge >= 0.3 is 5.97 Å². The average molecular weight is 325 g/mol. The number of amides is 1. The van der Waals surface area contributed by atoms with Crippen molar-refractivity contribution >= 4 is 11.9 Å². The van der Waals surface area contributed by atoms with E-state index in [9.17, 15) is 9.59 Å². The van der Waals surface area contributed by atoms with E-state index in [1.165, 1.54) is 7.11 Å². The van der Waals surface area contributed by atoms with Crippen LogP contribution in [0.2, 0.25) is 0 Å². The third-order valence-electron chi connectivity index (χ3n) is 5.29. The van der Waals surface area contributed by atoms with Gasteiger partial charge < -0.3 is 15.4 Å². The lowest BCUT2D eigenvalue weighted by Crippen LogP contribution is -2.50. The number of hydrogen-bond donors (Lipinski definition) is 1. The first-order valence-corrected chi connectivity index (χ1v) is 8.83. The highest BCUT2D eigenvalue weighted by molar-refractivity contribution is 5.79. The van der Waals surface area contributed by atoms with Gasteiger partial charge in [0.05, 0.1) is 20.2 Å². The topological polar surface area (TPSA) is 75.9 Å². The van der Waals surface area contributed by atoms with Crippen molar-refractivity contribution < 1.29 is 14.3 Å². The van der Waals surface area contributed by atoms with Gasteiger partial charge in [0.2, 0.25) is 5.91 Å². The van der Waals surface area contributed by atoms with Crippen LogP contribution in [-0.4, -0.2) is 67.0 Å². The number of esters is 1. The molecule has 1 saturated heterocycles. The molecule has 2 N–H and O–H groups in total. The molecule has 0 aromatic carbocycles. The van der Waals surface area contributed by atoms with Gasteiger partial charge in [-0.1, -0.05) is 6.92 Å². The fourth-order valence-electron chi connectivity index (χ4n) is 3.54. The predicted molar refractivity (Wildman–Crippen MR) is 88.8 cm³/mol. The number of ether oxygens (including phenoxy) is 1. The van der Waals surface area contributed by atoms with Crippen LogP contribution in [-0.2, 0) is 14.3 Å². The molecule has 1 saturated carbocycles. The fourth-order valence-corrected chi connectivity index (χ4v) is 3.54. The molecule has 1 aliphatic carbocycles. The first kappa shape index (κ1) is 18.2. The van der Waals surface area contributed by atoms with Crippen LogP contribution in [0.5, 0.6) is 0 Å². The van der Waals surface area contributed by atoms with E-state index in [0.717, 1.165) is 51.6 Å². The molecule has 0 atom stereocenters. The lowest BCUT2D eigenvalue weighted by atomic mass is 9.90. The van der Waals surface area contributed by atoms with Crippen LogP contribution in [0.3, 0.4) is 0 Å². The van der Waals surface area contributed by atoms with E-state index in [4.69, 9.17) is 10.5 Å². The molecule has 23 heavy (non-hydrogen) atoms. The van der Waals surface area contributed by atoms with Gasteiger partial charge in [0, 0.05) is 25.2 Å². The zero-order valence-electron chi connectivity index (χ0n) is 14.5. The summed E-state index contributed by atoms with van der Waals surface area (Å²) in [5.41, 5.74) is 5.97. The van der Waals surface area contributed by atoms with Crippen molar-refractivity contribution in [2.24, 2.45) is 11.7 Å². The van der Waals surface area contributed by atoms with Gasteiger partial charge in [0.1, 0.15) is 0 Å². The van der Waals surface area contributed by atoms with Crippen LogP contribution in [0.15, 0.2) is 0 Å². The molecule has 0 spiro atoms. The zero-order chi connectivity index (χ0) is 16.8. The highest BCUT2D eigenvalue weighted by Crippen LogP contribution is 2.23. The van der Waals surface area contributed by atoms with Crippen molar-refractivity contribution in [3.63, 3.8) is 0 Å². The Morgan fingerprint density at radius 1 is 1.09 bits per heavy atom. The van der Waals surface area contributed by atoms with Gasteiger partial charge in [-0.25, -0.2) is 0 Å². The lowest BCUT2D eigenvalue weighted by molar-refractivity contribution is -0.144. The summed E-state index contributed by atoms with van der Waals surface area (Å²) in [6, 6.07) is 0.507. The van der Waals surface area contributed by atoms with Gasteiger partial charge in [-0.2, -0.15) is 0 Å². The molecule has 2 aliphatic rings. The molecule has 0 aromatic rings. The first-order chi connectivity index (χ1) is 11.0. The number of nitrogens with zero attached hydrogens (tertiary/aromatic N) is 2. The number of hydrogen-bond acceptors (Lipinski definition) is 5. The molecule has 1 heterocycles. The Morgan fingerprint density at radius 2 is 1.70 bits per heavy atom. The fraction of sp³-hybridized carbons (Fsp3) is 0.882. The van der Waals surface area contributed by atoms with E-state index in [0.29, 0.717) is 12.5 Å². The minimum Gasteiger partial charge on any atom is -0.468 e. The summed E-state index contributed by atoms with van der Waals surface area (Å²) in [6.45, 7) is 4.40. The normalized spacial score (nSPS) is 26.3. The van der Waals surface area contributed by atoms with E-state index < -0.39 is 0 Å². The number of carbonyl (C=O) groups is 2. The van der Waals surface area contributed by atoms with Crippen molar-refractivity contribution in [1.82, 2.24) is 9.80 Å². The van der Waals surface area contributed by atoms with Crippen molar-refractivity contribution in [3.05, 3.63) is 0 Å². The zero-order valence-corrected chi connectivity index (χ0v) is 14.5. The number of methoxy groups -OCH3 is 1. The smallest absolute Gasteiger partial charge is 0.319 e. The van der Waals surface area contributed by atoms with Crippen molar-refractivity contribution in [2.75, 3.05) is 33.3 Å². The maximum Gasteiger partial charge on any atom is 0.319 e. The van der Waals surface area contributed by atoms with Gasteiger partial charge in [0.25, 0.3) is 0 Å². The van der Waals surface area contributed by atoms with E-state index in [1.807, 2.05) is 9.80 Å². The van der Waals surface area contributed by atoms with Crippen LogP contribution in [0.1, 0.15) is 45.4 Å². The molecule has 1 aliphatic heterocycles. The third kappa shape index (κ3) is 5.46. The summed E-state index contributed by atoms with van der Waals surface area (Å²) in [7, 11) is 1.39. The first-order valence-electron chi connectivity index (χ1n) is 8.83. The van der Waals surface area contributed by atoms with Crippen LogP contribution >= 0.6 is 0 Å². The minimum atomic E-state index is -0.278. The highest BCUT2D eigenvalue weighted by atomic mass is 16.5. The Bertz CT molecular complexity index is 400.